The van der Waals surface area contributed by atoms with Crippen LogP contribution in [0.3, 0.4) is 0 Å². The smallest absolute Gasteiger partial charge is 0.153 e. The molecule has 2 heterocycles. The van der Waals surface area contributed by atoms with E-state index in [1.165, 1.54) is 0 Å². The van der Waals surface area contributed by atoms with E-state index >= 15 is 0 Å². The minimum absolute atomic E-state index is 0.491. The highest BCUT2D eigenvalue weighted by Crippen LogP contribution is 2.22. The van der Waals surface area contributed by atoms with Gasteiger partial charge >= 0.3 is 0 Å². The fraction of sp³-hybridized carbons (Fsp3) is 0.429. The second kappa shape index (κ2) is 5.72. The number of H-pyrrole nitrogens is 1. The predicted molar refractivity (Wildman–Crippen MR) is 75.5 cm³/mol. The maximum absolute atomic E-state index is 5.98. The Kier molecular flexibility index (Phi) is 3.80. The van der Waals surface area contributed by atoms with Crippen molar-refractivity contribution >= 4 is 11.6 Å². The zero-order valence-electron chi connectivity index (χ0n) is 10.7. The molecule has 1 aromatic heterocycles. The van der Waals surface area contributed by atoms with Crippen LogP contribution in [0.4, 0.5) is 0 Å². The number of piperidine rings is 1. The number of nitrogens with zero attached hydrogens (tertiary/aromatic N) is 2. The van der Waals surface area contributed by atoms with E-state index in [1.54, 1.807) is 0 Å². The number of hydrogen-bond acceptors (Lipinski definition) is 3. The number of benzene rings is 1. The first-order valence-corrected chi connectivity index (χ1v) is 7.05. The lowest BCUT2D eigenvalue weighted by atomic mass is 9.98. The van der Waals surface area contributed by atoms with Gasteiger partial charge in [-0.1, -0.05) is 23.7 Å². The van der Waals surface area contributed by atoms with Crippen molar-refractivity contribution in [1.29, 1.82) is 0 Å². The van der Waals surface area contributed by atoms with Gasteiger partial charge in [0.15, 0.2) is 5.82 Å². The van der Waals surface area contributed by atoms with E-state index in [2.05, 4.69) is 26.6 Å². The summed E-state index contributed by atoms with van der Waals surface area (Å²) in [6, 6.07) is 7.86. The van der Waals surface area contributed by atoms with Crippen LogP contribution in [0.1, 0.15) is 36.0 Å². The Hall–Kier alpha value is -1.39. The Bertz CT molecular complexity index is 546. The predicted octanol–water partition coefficient (Wildman–Crippen LogP) is 2.52. The highest BCUT2D eigenvalue weighted by atomic mass is 35.5. The van der Waals surface area contributed by atoms with Crippen molar-refractivity contribution in [3.05, 3.63) is 46.5 Å². The lowest BCUT2D eigenvalue weighted by molar-refractivity contribution is 0.446. The van der Waals surface area contributed by atoms with Crippen molar-refractivity contribution in [2.75, 3.05) is 13.1 Å². The van der Waals surface area contributed by atoms with Crippen LogP contribution in [0.25, 0.3) is 0 Å². The van der Waals surface area contributed by atoms with E-state index in [9.17, 15) is 0 Å². The van der Waals surface area contributed by atoms with E-state index in [0.717, 1.165) is 54.6 Å². The average molecular weight is 277 g/mol. The molecule has 1 saturated heterocycles. The van der Waals surface area contributed by atoms with Gasteiger partial charge in [-0.15, -0.1) is 0 Å². The lowest BCUT2D eigenvalue weighted by Gasteiger charge is -2.19. The molecule has 5 heteroatoms. The van der Waals surface area contributed by atoms with Gasteiger partial charge in [0.1, 0.15) is 5.82 Å². The first-order chi connectivity index (χ1) is 9.31. The second-order valence-electron chi connectivity index (χ2n) is 4.97. The number of aromatic nitrogens is 3. The van der Waals surface area contributed by atoms with Gasteiger partial charge in [-0.3, -0.25) is 5.10 Å². The van der Waals surface area contributed by atoms with Gasteiger partial charge in [0.05, 0.1) is 0 Å². The Morgan fingerprint density at radius 1 is 1.26 bits per heavy atom. The lowest BCUT2D eigenvalue weighted by Crippen LogP contribution is -2.27. The molecule has 1 fully saturated rings. The fourth-order valence-corrected chi connectivity index (χ4v) is 2.70. The first kappa shape index (κ1) is 12.6. The molecule has 0 saturated carbocycles. The van der Waals surface area contributed by atoms with Crippen LogP contribution < -0.4 is 5.32 Å². The topological polar surface area (TPSA) is 53.6 Å². The zero-order valence-corrected chi connectivity index (χ0v) is 11.5. The summed E-state index contributed by atoms with van der Waals surface area (Å²) in [7, 11) is 0. The first-order valence-electron chi connectivity index (χ1n) is 6.67. The molecular formula is C14H17ClN4. The molecule has 0 unspecified atom stereocenters. The maximum Gasteiger partial charge on any atom is 0.153 e. The fourth-order valence-electron chi connectivity index (χ4n) is 2.49. The van der Waals surface area contributed by atoms with Crippen LogP contribution in [0.5, 0.6) is 0 Å². The number of aromatic amines is 1. The Labute approximate surface area is 117 Å². The molecule has 0 amide bonds. The molecule has 2 aromatic rings. The molecule has 1 aliphatic rings. The Morgan fingerprint density at radius 2 is 2.11 bits per heavy atom. The van der Waals surface area contributed by atoms with Gasteiger partial charge in [-0.05, 0) is 43.6 Å². The number of rotatable bonds is 3. The quantitative estimate of drug-likeness (QED) is 0.906. The molecule has 2 N–H and O–H groups in total. The second-order valence-corrected chi connectivity index (χ2v) is 5.41. The van der Waals surface area contributed by atoms with Crippen molar-refractivity contribution in [2.24, 2.45) is 0 Å². The van der Waals surface area contributed by atoms with E-state index in [-0.39, 0.29) is 0 Å². The van der Waals surface area contributed by atoms with Crippen molar-refractivity contribution in [1.82, 2.24) is 20.5 Å². The molecule has 1 aromatic carbocycles. The highest BCUT2D eigenvalue weighted by molar-refractivity contribution is 6.30. The molecular weight excluding hydrogens is 260 g/mol. The van der Waals surface area contributed by atoms with Crippen molar-refractivity contribution in [2.45, 2.75) is 25.2 Å². The summed E-state index contributed by atoms with van der Waals surface area (Å²) < 4.78 is 0. The molecule has 4 nitrogen and oxygen atoms in total. The summed E-state index contributed by atoms with van der Waals surface area (Å²) in [5.74, 6) is 2.36. The van der Waals surface area contributed by atoms with Crippen LogP contribution in [-0.4, -0.2) is 28.3 Å². The summed E-state index contributed by atoms with van der Waals surface area (Å²) >= 11 is 5.98. The third kappa shape index (κ3) is 3.14. The largest absolute Gasteiger partial charge is 0.317 e. The normalized spacial score (nSPS) is 16.7. The van der Waals surface area contributed by atoms with Gasteiger partial charge < -0.3 is 5.32 Å². The summed E-state index contributed by atoms with van der Waals surface area (Å²) in [5.41, 5.74) is 1.15. The van der Waals surface area contributed by atoms with E-state index in [1.807, 2.05) is 18.2 Å². The molecule has 0 radical (unpaired) electrons. The molecule has 0 spiro atoms. The van der Waals surface area contributed by atoms with Gasteiger partial charge in [0.25, 0.3) is 0 Å². The van der Waals surface area contributed by atoms with Crippen molar-refractivity contribution in [3.8, 4) is 0 Å². The number of nitrogens with one attached hydrogen (secondary N) is 2. The zero-order chi connectivity index (χ0) is 13.1. The van der Waals surface area contributed by atoms with Gasteiger partial charge in [0, 0.05) is 17.4 Å². The Morgan fingerprint density at radius 3 is 2.89 bits per heavy atom. The summed E-state index contributed by atoms with van der Waals surface area (Å²) in [6.45, 7) is 2.12. The van der Waals surface area contributed by atoms with E-state index in [4.69, 9.17) is 11.6 Å². The van der Waals surface area contributed by atoms with Crippen LogP contribution in [-0.2, 0) is 6.42 Å². The minimum atomic E-state index is 0.491. The maximum atomic E-state index is 5.98. The molecule has 0 atom stereocenters. The number of hydrogen-bond donors (Lipinski definition) is 2. The monoisotopic (exact) mass is 276 g/mol. The van der Waals surface area contributed by atoms with Crippen LogP contribution in [0, 0.1) is 0 Å². The Balaban J connectivity index is 1.70. The number of halogens is 1. The summed E-state index contributed by atoms with van der Waals surface area (Å²) in [5, 5.41) is 11.5. The van der Waals surface area contributed by atoms with Crippen molar-refractivity contribution in [3.63, 3.8) is 0 Å². The third-order valence-electron chi connectivity index (χ3n) is 3.51. The van der Waals surface area contributed by atoms with Crippen LogP contribution in [0.2, 0.25) is 5.02 Å². The third-order valence-corrected chi connectivity index (χ3v) is 3.75. The van der Waals surface area contributed by atoms with Gasteiger partial charge in [-0.2, -0.15) is 5.10 Å². The minimum Gasteiger partial charge on any atom is -0.317 e. The molecule has 0 aliphatic carbocycles. The van der Waals surface area contributed by atoms with E-state index < -0.39 is 0 Å². The van der Waals surface area contributed by atoms with Gasteiger partial charge in [-0.25, -0.2) is 4.98 Å². The van der Waals surface area contributed by atoms with E-state index in [0.29, 0.717) is 5.92 Å². The molecule has 19 heavy (non-hydrogen) atoms. The summed E-state index contributed by atoms with van der Waals surface area (Å²) in [4.78, 5) is 4.62. The molecule has 3 rings (SSSR count). The highest BCUT2D eigenvalue weighted by Gasteiger charge is 2.19. The summed E-state index contributed by atoms with van der Waals surface area (Å²) in [6.07, 6.45) is 2.99. The van der Waals surface area contributed by atoms with Crippen molar-refractivity contribution < 1.29 is 0 Å². The molecule has 0 bridgehead atoms. The average Bonchev–Trinajstić information content (AvgIpc) is 2.88. The standard InChI is InChI=1S/C14H17ClN4/c15-12-3-1-2-10(8-12)9-13-17-14(19-18-13)11-4-6-16-7-5-11/h1-3,8,11,16H,4-7,9H2,(H,17,18,19). The molecule has 1 aliphatic heterocycles. The SMILES string of the molecule is Clc1cccc(Cc2nc(C3CCNCC3)n[nH]2)c1. The van der Waals surface area contributed by atoms with Crippen LogP contribution in [0.15, 0.2) is 24.3 Å². The van der Waals surface area contributed by atoms with Crippen LogP contribution >= 0.6 is 11.6 Å². The molecule has 100 valence electrons. The van der Waals surface area contributed by atoms with Gasteiger partial charge in [0.2, 0.25) is 0 Å².